The van der Waals surface area contributed by atoms with E-state index < -0.39 is 0 Å². The topological polar surface area (TPSA) is 40.6 Å². The number of rotatable bonds is 0. The van der Waals surface area contributed by atoms with Crippen molar-refractivity contribution >= 4 is 11.9 Å². The van der Waals surface area contributed by atoms with Crippen LogP contribution in [-0.4, -0.2) is 35.8 Å². The Morgan fingerprint density at radius 2 is 1.62 bits per heavy atom. The Labute approximate surface area is 78.8 Å². The third-order valence-electron chi connectivity index (χ3n) is 1.78. The molecule has 0 saturated carbocycles. The van der Waals surface area contributed by atoms with E-state index in [4.69, 9.17) is 0 Å². The zero-order chi connectivity index (χ0) is 10.6. The van der Waals surface area contributed by atoms with Crippen LogP contribution in [0.3, 0.4) is 0 Å². The second-order valence-corrected chi connectivity index (χ2v) is 2.54. The number of hydrogen-bond donors (Lipinski definition) is 0. The minimum absolute atomic E-state index is 0.196. The van der Waals surface area contributed by atoms with Crippen molar-refractivity contribution in [1.29, 1.82) is 0 Å². The monoisotopic (exact) mass is 184 g/mol. The Balaban J connectivity index is 0.000000671. The van der Waals surface area contributed by atoms with Crippen molar-refractivity contribution in [2.75, 3.05) is 14.1 Å². The summed E-state index contributed by atoms with van der Waals surface area (Å²) in [4.78, 5) is 24.6. The highest BCUT2D eigenvalue weighted by atomic mass is 16.2. The van der Waals surface area contributed by atoms with Crippen LogP contribution in [0, 0.1) is 0 Å². The quantitative estimate of drug-likeness (QED) is 0.571. The number of hydrogen-bond acceptors (Lipinski definition) is 2. The molecule has 1 aliphatic heterocycles. The molecule has 3 amide bonds. The summed E-state index contributed by atoms with van der Waals surface area (Å²) in [6.45, 7) is 7.59. The average Bonchev–Trinajstić information content (AvgIpc) is 2.15. The van der Waals surface area contributed by atoms with E-state index in [-0.39, 0.29) is 18.4 Å². The van der Waals surface area contributed by atoms with Crippen molar-refractivity contribution in [2.24, 2.45) is 0 Å². The molecule has 13 heavy (non-hydrogen) atoms. The lowest BCUT2D eigenvalue weighted by atomic mass is 10.2. The van der Waals surface area contributed by atoms with Crippen LogP contribution in [0.1, 0.15) is 20.3 Å². The molecule has 4 heteroatoms. The van der Waals surface area contributed by atoms with Gasteiger partial charge in [-0.25, -0.2) is 4.79 Å². The zero-order valence-corrected chi connectivity index (χ0v) is 8.63. The smallest absolute Gasteiger partial charge is 0.301 e. The summed E-state index contributed by atoms with van der Waals surface area (Å²) in [5, 5.41) is 0. The largest absolute Gasteiger partial charge is 0.330 e. The molecule has 0 N–H and O–H groups in total. The van der Waals surface area contributed by atoms with Crippen molar-refractivity contribution in [3.8, 4) is 0 Å². The molecule has 0 atom stereocenters. The van der Waals surface area contributed by atoms with Crippen molar-refractivity contribution in [3.05, 3.63) is 12.3 Å². The van der Waals surface area contributed by atoms with E-state index in [2.05, 4.69) is 6.58 Å². The maximum Gasteiger partial charge on any atom is 0.330 e. The zero-order valence-electron chi connectivity index (χ0n) is 8.63. The van der Waals surface area contributed by atoms with Gasteiger partial charge in [-0.05, 0) is 0 Å². The maximum absolute atomic E-state index is 11.1. The Hall–Kier alpha value is -1.32. The lowest BCUT2D eigenvalue weighted by Crippen LogP contribution is -2.46. The molecular weight excluding hydrogens is 168 g/mol. The van der Waals surface area contributed by atoms with Crippen LogP contribution in [0.5, 0.6) is 0 Å². The van der Waals surface area contributed by atoms with Gasteiger partial charge in [0.2, 0.25) is 5.91 Å². The van der Waals surface area contributed by atoms with Gasteiger partial charge in [-0.3, -0.25) is 9.69 Å². The number of carbonyl (C=O) groups is 2. The highest BCUT2D eigenvalue weighted by Crippen LogP contribution is 2.14. The van der Waals surface area contributed by atoms with Crippen molar-refractivity contribution in [1.82, 2.24) is 9.80 Å². The second-order valence-electron chi connectivity index (χ2n) is 2.54. The second kappa shape index (κ2) is 4.64. The molecule has 0 aromatic rings. The predicted molar refractivity (Wildman–Crippen MR) is 51.0 cm³/mol. The SMILES string of the molecule is C=C1CC(=O)N(C)C(=O)N1C.CC. The third-order valence-corrected chi connectivity index (χ3v) is 1.78. The molecule has 0 aromatic heterocycles. The first-order valence-corrected chi connectivity index (χ1v) is 4.26. The first-order valence-electron chi connectivity index (χ1n) is 4.26. The Morgan fingerprint density at radius 1 is 1.15 bits per heavy atom. The molecule has 0 bridgehead atoms. The normalized spacial score (nSPS) is 17.1. The van der Waals surface area contributed by atoms with Gasteiger partial charge >= 0.3 is 6.03 Å². The van der Waals surface area contributed by atoms with Crippen LogP contribution in [0.25, 0.3) is 0 Å². The minimum Gasteiger partial charge on any atom is -0.301 e. The molecule has 0 aliphatic carbocycles. The van der Waals surface area contributed by atoms with Crippen LogP contribution in [0.4, 0.5) is 4.79 Å². The molecule has 0 unspecified atom stereocenters. The van der Waals surface area contributed by atoms with Crippen molar-refractivity contribution in [3.63, 3.8) is 0 Å². The van der Waals surface area contributed by atoms with Gasteiger partial charge in [0.15, 0.2) is 0 Å². The van der Waals surface area contributed by atoms with Crippen LogP contribution in [-0.2, 0) is 4.79 Å². The summed E-state index contributed by atoms with van der Waals surface area (Å²) >= 11 is 0. The predicted octanol–water partition coefficient (Wildman–Crippen LogP) is 1.44. The molecule has 0 radical (unpaired) electrons. The summed E-state index contributed by atoms with van der Waals surface area (Å²) in [6.07, 6.45) is 0.235. The molecule has 0 spiro atoms. The van der Waals surface area contributed by atoms with Crippen molar-refractivity contribution < 1.29 is 9.59 Å². The summed E-state index contributed by atoms with van der Waals surface area (Å²) < 4.78 is 0. The highest BCUT2D eigenvalue weighted by molar-refractivity contribution is 5.98. The molecule has 1 rings (SSSR count). The van der Waals surface area contributed by atoms with Gasteiger partial charge in [0, 0.05) is 19.8 Å². The lowest BCUT2D eigenvalue weighted by Gasteiger charge is -2.30. The molecule has 1 saturated heterocycles. The van der Waals surface area contributed by atoms with E-state index in [1.54, 1.807) is 7.05 Å². The van der Waals surface area contributed by atoms with Gasteiger partial charge < -0.3 is 4.90 Å². The van der Waals surface area contributed by atoms with E-state index >= 15 is 0 Å². The average molecular weight is 184 g/mol. The minimum atomic E-state index is -0.314. The molecule has 1 heterocycles. The number of amides is 3. The molecule has 1 aliphatic rings. The summed E-state index contributed by atoms with van der Waals surface area (Å²) in [5.41, 5.74) is 0.554. The first-order chi connectivity index (χ1) is 6.04. The number of urea groups is 1. The number of imide groups is 1. The van der Waals surface area contributed by atoms with E-state index in [0.717, 1.165) is 4.90 Å². The Kier molecular flexibility index (Phi) is 4.17. The molecule has 74 valence electrons. The molecule has 1 fully saturated rings. The van der Waals surface area contributed by atoms with Gasteiger partial charge in [-0.15, -0.1) is 0 Å². The number of nitrogens with zero attached hydrogens (tertiary/aromatic N) is 2. The van der Waals surface area contributed by atoms with E-state index in [9.17, 15) is 9.59 Å². The maximum atomic E-state index is 11.1. The summed E-state index contributed by atoms with van der Waals surface area (Å²) in [5.74, 6) is -0.196. The third kappa shape index (κ3) is 2.31. The van der Waals surface area contributed by atoms with E-state index in [1.807, 2.05) is 13.8 Å². The Morgan fingerprint density at radius 3 is 2.08 bits per heavy atom. The molecule has 4 nitrogen and oxygen atoms in total. The highest BCUT2D eigenvalue weighted by Gasteiger charge is 2.28. The van der Waals surface area contributed by atoms with Crippen molar-refractivity contribution in [2.45, 2.75) is 20.3 Å². The summed E-state index contributed by atoms with van der Waals surface area (Å²) in [7, 11) is 3.07. The fraction of sp³-hybridized carbons (Fsp3) is 0.556. The molecular formula is C9H16N2O2. The van der Waals surface area contributed by atoms with Gasteiger partial charge in [0.1, 0.15) is 0 Å². The van der Waals surface area contributed by atoms with Gasteiger partial charge in [0.05, 0.1) is 6.42 Å². The van der Waals surface area contributed by atoms with E-state index in [0.29, 0.717) is 5.70 Å². The Bertz CT molecular complexity index is 214. The van der Waals surface area contributed by atoms with Gasteiger partial charge in [-0.1, -0.05) is 20.4 Å². The lowest BCUT2D eigenvalue weighted by molar-refractivity contribution is -0.128. The first kappa shape index (κ1) is 11.7. The van der Waals surface area contributed by atoms with E-state index in [1.165, 1.54) is 11.9 Å². The fourth-order valence-corrected chi connectivity index (χ4v) is 0.879. The number of carbonyl (C=O) groups excluding carboxylic acids is 2. The van der Waals surface area contributed by atoms with Crippen LogP contribution in [0.2, 0.25) is 0 Å². The fourth-order valence-electron chi connectivity index (χ4n) is 0.879. The van der Waals surface area contributed by atoms with Crippen LogP contribution in [0.15, 0.2) is 12.3 Å². The van der Waals surface area contributed by atoms with Gasteiger partial charge in [0.25, 0.3) is 0 Å². The van der Waals surface area contributed by atoms with Crippen LogP contribution >= 0.6 is 0 Å². The molecule has 0 aromatic carbocycles. The summed E-state index contributed by atoms with van der Waals surface area (Å²) in [6, 6.07) is -0.314. The van der Waals surface area contributed by atoms with Gasteiger partial charge in [-0.2, -0.15) is 0 Å². The standard InChI is InChI=1S/C7H10N2O2.C2H6/c1-5-4-6(10)9(3)7(11)8(5)2;1-2/h1,4H2,2-3H3;1-2H3. The van der Waals surface area contributed by atoms with Crippen LogP contribution < -0.4 is 0 Å².